The molecule has 3 heteroatoms. The molecule has 1 aromatic rings. The van der Waals surface area contributed by atoms with E-state index in [-0.39, 0.29) is 0 Å². The van der Waals surface area contributed by atoms with Gasteiger partial charge in [0.05, 0.1) is 18.0 Å². The van der Waals surface area contributed by atoms with Gasteiger partial charge in [0.2, 0.25) is 0 Å². The van der Waals surface area contributed by atoms with E-state index in [9.17, 15) is 0 Å². The van der Waals surface area contributed by atoms with Crippen LogP contribution in [0.4, 0.5) is 11.4 Å². The fraction of sp³-hybridized carbons (Fsp3) is 0.625. The Morgan fingerprint density at radius 1 is 1.26 bits per heavy atom. The lowest BCUT2D eigenvalue weighted by Gasteiger charge is -2.26. The van der Waals surface area contributed by atoms with Crippen LogP contribution >= 0.6 is 0 Å². The van der Waals surface area contributed by atoms with Crippen LogP contribution in [0.3, 0.4) is 0 Å². The summed E-state index contributed by atoms with van der Waals surface area (Å²) in [7, 11) is 0. The maximum Gasteiger partial charge on any atom is 0.144 e. The standard InChI is InChI=1S/C16H26N2O/c1-4-19-14-8-5-7-13(15(14)17)18-11-6-9-16(2,3)10-12-18/h5,7-8H,4,6,9-12,17H2,1-3H3. The Morgan fingerprint density at radius 3 is 2.79 bits per heavy atom. The van der Waals surface area contributed by atoms with Crippen molar-refractivity contribution in [2.24, 2.45) is 5.41 Å². The number of hydrogen-bond acceptors (Lipinski definition) is 3. The average Bonchev–Trinajstić information content (AvgIpc) is 2.53. The Labute approximate surface area is 116 Å². The predicted molar refractivity (Wildman–Crippen MR) is 81.9 cm³/mol. The molecule has 3 nitrogen and oxygen atoms in total. The summed E-state index contributed by atoms with van der Waals surface area (Å²) < 4.78 is 5.59. The van der Waals surface area contributed by atoms with Gasteiger partial charge in [0.15, 0.2) is 0 Å². The number of nitrogen functional groups attached to an aromatic ring is 1. The second kappa shape index (κ2) is 5.72. The molecule has 19 heavy (non-hydrogen) atoms. The van der Waals surface area contributed by atoms with Gasteiger partial charge in [-0.05, 0) is 43.7 Å². The van der Waals surface area contributed by atoms with Crippen molar-refractivity contribution in [3.8, 4) is 5.75 Å². The summed E-state index contributed by atoms with van der Waals surface area (Å²) in [5.41, 5.74) is 8.61. The zero-order valence-corrected chi connectivity index (χ0v) is 12.4. The van der Waals surface area contributed by atoms with Gasteiger partial charge in [-0.3, -0.25) is 0 Å². The second-order valence-electron chi connectivity index (χ2n) is 6.13. The van der Waals surface area contributed by atoms with Gasteiger partial charge in [-0.15, -0.1) is 0 Å². The summed E-state index contributed by atoms with van der Waals surface area (Å²) in [6, 6.07) is 6.09. The highest BCUT2D eigenvalue weighted by Gasteiger charge is 2.24. The lowest BCUT2D eigenvalue weighted by molar-refractivity contribution is 0.325. The second-order valence-corrected chi connectivity index (χ2v) is 6.13. The fourth-order valence-corrected chi connectivity index (χ4v) is 2.75. The first-order valence-electron chi connectivity index (χ1n) is 7.30. The molecule has 1 aliphatic rings. The number of ether oxygens (including phenoxy) is 1. The molecule has 1 aliphatic heterocycles. The van der Waals surface area contributed by atoms with Crippen molar-refractivity contribution < 1.29 is 4.74 Å². The largest absolute Gasteiger partial charge is 0.492 e. The lowest BCUT2D eigenvalue weighted by atomic mass is 9.85. The minimum absolute atomic E-state index is 0.445. The molecule has 0 spiro atoms. The molecule has 2 rings (SSSR count). The molecule has 0 atom stereocenters. The SMILES string of the molecule is CCOc1cccc(N2CCCC(C)(C)CC2)c1N. The number of nitrogens with zero attached hydrogens (tertiary/aromatic N) is 1. The molecule has 1 saturated heterocycles. The van der Waals surface area contributed by atoms with Crippen molar-refractivity contribution in [2.75, 3.05) is 30.3 Å². The van der Waals surface area contributed by atoms with Crippen LogP contribution in [0.15, 0.2) is 18.2 Å². The minimum Gasteiger partial charge on any atom is -0.492 e. The molecule has 1 heterocycles. The average molecular weight is 262 g/mol. The first-order chi connectivity index (χ1) is 9.03. The van der Waals surface area contributed by atoms with Gasteiger partial charge in [-0.25, -0.2) is 0 Å². The summed E-state index contributed by atoms with van der Waals surface area (Å²) in [6.45, 7) is 9.52. The van der Waals surface area contributed by atoms with Crippen LogP contribution in [0.25, 0.3) is 0 Å². The van der Waals surface area contributed by atoms with Crippen LogP contribution in [0.5, 0.6) is 5.75 Å². The quantitative estimate of drug-likeness (QED) is 0.844. The summed E-state index contributed by atoms with van der Waals surface area (Å²) in [5, 5.41) is 0. The monoisotopic (exact) mass is 262 g/mol. The van der Waals surface area contributed by atoms with Gasteiger partial charge < -0.3 is 15.4 Å². The van der Waals surface area contributed by atoms with E-state index in [1.807, 2.05) is 19.1 Å². The van der Waals surface area contributed by atoms with Crippen LogP contribution in [0.2, 0.25) is 0 Å². The van der Waals surface area contributed by atoms with Crippen LogP contribution in [0, 0.1) is 5.41 Å². The molecule has 106 valence electrons. The van der Waals surface area contributed by atoms with Crippen molar-refractivity contribution in [3.63, 3.8) is 0 Å². The van der Waals surface area contributed by atoms with E-state index in [0.29, 0.717) is 12.0 Å². The molecule has 0 aliphatic carbocycles. The number of rotatable bonds is 3. The van der Waals surface area contributed by atoms with Crippen molar-refractivity contribution in [1.82, 2.24) is 0 Å². The Morgan fingerprint density at radius 2 is 2.05 bits per heavy atom. The van der Waals surface area contributed by atoms with E-state index in [1.54, 1.807) is 0 Å². The highest BCUT2D eigenvalue weighted by Crippen LogP contribution is 2.36. The maximum absolute atomic E-state index is 6.25. The van der Waals surface area contributed by atoms with E-state index < -0.39 is 0 Å². The Hall–Kier alpha value is -1.38. The third-order valence-electron chi connectivity index (χ3n) is 4.02. The number of benzene rings is 1. The molecule has 0 aromatic heterocycles. The zero-order valence-electron chi connectivity index (χ0n) is 12.4. The number of anilines is 2. The molecular weight excluding hydrogens is 236 g/mol. The molecular formula is C16H26N2O. The van der Waals surface area contributed by atoms with Crippen LogP contribution in [-0.4, -0.2) is 19.7 Å². The van der Waals surface area contributed by atoms with E-state index >= 15 is 0 Å². The van der Waals surface area contributed by atoms with Gasteiger partial charge in [-0.1, -0.05) is 19.9 Å². The maximum atomic E-state index is 6.25. The molecule has 0 unspecified atom stereocenters. The van der Waals surface area contributed by atoms with Gasteiger partial charge in [0.1, 0.15) is 5.75 Å². The van der Waals surface area contributed by atoms with Crippen LogP contribution < -0.4 is 15.4 Å². The van der Waals surface area contributed by atoms with Crippen molar-refractivity contribution >= 4 is 11.4 Å². The normalized spacial score (nSPS) is 19.0. The highest BCUT2D eigenvalue weighted by atomic mass is 16.5. The van der Waals surface area contributed by atoms with E-state index in [0.717, 1.165) is 30.2 Å². The summed E-state index contributed by atoms with van der Waals surface area (Å²) in [5.74, 6) is 0.809. The van der Waals surface area contributed by atoms with Gasteiger partial charge in [-0.2, -0.15) is 0 Å². The topological polar surface area (TPSA) is 38.5 Å². The molecule has 2 N–H and O–H groups in total. The number of para-hydroxylation sites is 1. The molecule has 1 fully saturated rings. The first-order valence-corrected chi connectivity index (χ1v) is 7.30. The van der Waals surface area contributed by atoms with Gasteiger partial charge >= 0.3 is 0 Å². The lowest BCUT2D eigenvalue weighted by Crippen LogP contribution is -2.26. The van der Waals surface area contributed by atoms with Crippen molar-refractivity contribution in [2.45, 2.75) is 40.0 Å². The van der Waals surface area contributed by atoms with Crippen molar-refractivity contribution in [1.29, 1.82) is 0 Å². The molecule has 0 bridgehead atoms. The summed E-state index contributed by atoms with van der Waals surface area (Å²) in [4.78, 5) is 2.41. The minimum atomic E-state index is 0.445. The van der Waals surface area contributed by atoms with Gasteiger partial charge in [0, 0.05) is 13.1 Å². The number of hydrogen-bond donors (Lipinski definition) is 1. The smallest absolute Gasteiger partial charge is 0.144 e. The Bertz CT molecular complexity index is 429. The zero-order chi connectivity index (χ0) is 13.9. The molecule has 0 radical (unpaired) electrons. The molecule has 0 amide bonds. The summed E-state index contributed by atoms with van der Waals surface area (Å²) >= 11 is 0. The van der Waals surface area contributed by atoms with E-state index in [2.05, 4.69) is 24.8 Å². The Balaban J connectivity index is 2.19. The third-order valence-corrected chi connectivity index (χ3v) is 4.02. The summed E-state index contributed by atoms with van der Waals surface area (Å²) in [6.07, 6.45) is 3.73. The van der Waals surface area contributed by atoms with Crippen molar-refractivity contribution in [3.05, 3.63) is 18.2 Å². The molecule has 1 aromatic carbocycles. The van der Waals surface area contributed by atoms with E-state index in [1.165, 1.54) is 19.3 Å². The van der Waals surface area contributed by atoms with Crippen LogP contribution in [-0.2, 0) is 0 Å². The predicted octanol–water partition coefficient (Wildman–Crippen LogP) is 3.68. The van der Waals surface area contributed by atoms with Crippen LogP contribution in [0.1, 0.15) is 40.0 Å². The Kier molecular flexibility index (Phi) is 4.23. The number of nitrogens with two attached hydrogens (primary N) is 1. The van der Waals surface area contributed by atoms with Gasteiger partial charge in [0.25, 0.3) is 0 Å². The molecule has 0 saturated carbocycles. The van der Waals surface area contributed by atoms with E-state index in [4.69, 9.17) is 10.5 Å². The third kappa shape index (κ3) is 3.34. The first kappa shape index (κ1) is 14.0. The fourth-order valence-electron chi connectivity index (χ4n) is 2.75. The highest BCUT2D eigenvalue weighted by molar-refractivity contribution is 5.74.